The van der Waals surface area contributed by atoms with Crippen molar-refractivity contribution in [1.29, 1.82) is 0 Å². The Kier molecular flexibility index (Phi) is 10.7. The average Bonchev–Trinajstić information content (AvgIpc) is 3.03. The minimum Gasteiger partial charge on any atom is -0.457 e. The summed E-state index contributed by atoms with van der Waals surface area (Å²) >= 11 is 0. The third-order valence-electron chi connectivity index (χ3n) is 9.73. The van der Waals surface area contributed by atoms with E-state index in [4.69, 9.17) is 4.74 Å². The maximum absolute atomic E-state index is 6.32. The van der Waals surface area contributed by atoms with E-state index in [2.05, 4.69) is 84.9 Å². The van der Waals surface area contributed by atoms with Crippen LogP contribution in [0.15, 0.2) is 84.9 Å². The van der Waals surface area contributed by atoms with Crippen LogP contribution in [0.2, 0.25) is 0 Å². The van der Waals surface area contributed by atoms with E-state index >= 15 is 0 Å². The topological polar surface area (TPSA) is 9.23 Å². The first kappa shape index (κ1) is 29.7. The van der Waals surface area contributed by atoms with Gasteiger partial charge in [0.25, 0.3) is 0 Å². The van der Waals surface area contributed by atoms with Gasteiger partial charge in [-0.3, -0.25) is 0 Å². The number of rotatable bonds is 4. The summed E-state index contributed by atoms with van der Waals surface area (Å²) in [7, 11) is 0. The third kappa shape index (κ3) is 8.41. The molecule has 0 atom stereocenters. The molecule has 0 saturated carbocycles. The number of ether oxygens (including phenoxy) is 1. The van der Waals surface area contributed by atoms with Gasteiger partial charge in [-0.2, -0.15) is 0 Å². The second kappa shape index (κ2) is 15.4. The van der Waals surface area contributed by atoms with Gasteiger partial charge in [0.15, 0.2) is 0 Å². The number of hydrogen-bond donors (Lipinski definition) is 0. The van der Waals surface area contributed by atoms with Gasteiger partial charge in [0, 0.05) is 0 Å². The molecule has 6 rings (SSSR count). The summed E-state index contributed by atoms with van der Waals surface area (Å²) in [5.41, 5.74) is 11.4. The Balaban J connectivity index is 1.14. The molecule has 4 aromatic carbocycles. The highest BCUT2D eigenvalue weighted by Crippen LogP contribution is 2.33. The van der Waals surface area contributed by atoms with Crippen molar-refractivity contribution in [3.8, 4) is 33.8 Å². The lowest BCUT2D eigenvalue weighted by Gasteiger charge is -2.15. The predicted molar refractivity (Wildman–Crippen MR) is 183 cm³/mol. The van der Waals surface area contributed by atoms with E-state index in [-0.39, 0.29) is 0 Å². The molecule has 4 aromatic rings. The van der Waals surface area contributed by atoms with Gasteiger partial charge < -0.3 is 4.74 Å². The molecule has 2 aliphatic rings. The van der Waals surface area contributed by atoms with E-state index in [0.29, 0.717) is 0 Å². The Labute approximate surface area is 260 Å². The van der Waals surface area contributed by atoms with Crippen LogP contribution in [0.3, 0.4) is 0 Å². The molecule has 4 bridgehead atoms. The molecule has 0 fully saturated rings. The molecule has 0 heterocycles. The lowest BCUT2D eigenvalue weighted by Crippen LogP contribution is -1.96. The summed E-state index contributed by atoms with van der Waals surface area (Å²) in [6.07, 6.45) is 23.8. The summed E-state index contributed by atoms with van der Waals surface area (Å²) in [6, 6.07) is 31.9. The summed E-state index contributed by atoms with van der Waals surface area (Å²) < 4.78 is 6.32. The molecule has 0 aliphatic heterocycles. The average molecular weight is 571 g/mol. The van der Waals surface area contributed by atoms with Crippen molar-refractivity contribution in [3.63, 3.8) is 0 Å². The van der Waals surface area contributed by atoms with Gasteiger partial charge in [-0.25, -0.2) is 0 Å². The number of benzene rings is 4. The summed E-state index contributed by atoms with van der Waals surface area (Å²) in [4.78, 5) is 0. The van der Waals surface area contributed by atoms with Gasteiger partial charge >= 0.3 is 0 Å². The standard InChI is InChI=1S/C42H50O/c1-3-7-11-15-33-19-29-41(37(31-33)17-13-9-5-1)35-21-25-39(26-22-35)43-40-27-23-36(24-28-40)42-30-20-34-16-12-8-4-2-6-10-14-18-38(42)32-34/h19-32H,1-18H2. The monoisotopic (exact) mass is 570 g/mol. The molecule has 1 nitrogen and oxygen atoms in total. The molecule has 1 heteroatoms. The summed E-state index contributed by atoms with van der Waals surface area (Å²) in [5, 5.41) is 0. The Bertz CT molecular complexity index is 1320. The van der Waals surface area contributed by atoms with E-state index in [0.717, 1.165) is 11.5 Å². The second-order valence-corrected chi connectivity index (χ2v) is 13.1. The number of fused-ring (bicyclic) bond motifs is 4. The molecule has 0 radical (unpaired) electrons. The molecule has 0 aromatic heterocycles. The van der Waals surface area contributed by atoms with Gasteiger partial charge in [0.05, 0.1) is 0 Å². The van der Waals surface area contributed by atoms with Crippen molar-refractivity contribution in [1.82, 2.24) is 0 Å². The molecule has 43 heavy (non-hydrogen) atoms. The normalized spacial score (nSPS) is 17.0. The van der Waals surface area contributed by atoms with Crippen LogP contribution in [-0.4, -0.2) is 0 Å². The Morgan fingerprint density at radius 2 is 0.674 bits per heavy atom. The first-order chi connectivity index (χ1) is 21.3. The van der Waals surface area contributed by atoms with E-state index in [1.165, 1.54) is 160 Å². The van der Waals surface area contributed by atoms with Crippen LogP contribution in [-0.2, 0) is 25.7 Å². The number of hydrogen-bond acceptors (Lipinski definition) is 1. The maximum Gasteiger partial charge on any atom is 0.127 e. The maximum atomic E-state index is 6.32. The quantitative estimate of drug-likeness (QED) is 0.237. The third-order valence-corrected chi connectivity index (χ3v) is 9.73. The molecule has 224 valence electrons. The Morgan fingerprint density at radius 1 is 0.326 bits per heavy atom. The van der Waals surface area contributed by atoms with Crippen LogP contribution in [0.4, 0.5) is 0 Å². The van der Waals surface area contributed by atoms with Crippen LogP contribution in [0.1, 0.15) is 112 Å². The van der Waals surface area contributed by atoms with E-state index < -0.39 is 0 Å². The highest BCUT2D eigenvalue weighted by atomic mass is 16.5. The fourth-order valence-electron chi connectivity index (χ4n) is 7.18. The molecule has 0 amide bonds. The van der Waals surface area contributed by atoms with Crippen LogP contribution >= 0.6 is 0 Å². The van der Waals surface area contributed by atoms with Crippen molar-refractivity contribution in [2.75, 3.05) is 0 Å². The zero-order valence-electron chi connectivity index (χ0n) is 26.2. The van der Waals surface area contributed by atoms with Gasteiger partial charge in [0.2, 0.25) is 0 Å². The van der Waals surface area contributed by atoms with Crippen LogP contribution in [0.25, 0.3) is 22.3 Å². The zero-order chi connectivity index (χ0) is 29.1. The van der Waals surface area contributed by atoms with Crippen molar-refractivity contribution < 1.29 is 4.74 Å². The van der Waals surface area contributed by atoms with E-state index in [1.807, 2.05) is 0 Å². The predicted octanol–water partition coefficient (Wildman–Crippen LogP) is 12.5. The number of aryl methyl sites for hydroxylation is 4. The smallest absolute Gasteiger partial charge is 0.127 e. The molecule has 0 N–H and O–H groups in total. The second-order valence-electron chi connectivity index (χ2n) is 13.1. The van der Waals surface area contributed by atoms with Crippen molar-refractivity contribution in [2.24, 2.45) is 0 Å². The Morgan fingerprint density at radius 3 is 1.07 bits per heavy atom. The van der Waals surface area contributed by atoms with Gasteiger partial charge in [-0.15, -0.1) is 0 Å². The van der Waals surface area contributed by atoms with Crippen molar-refractivity contribution >= 4 is 0 Å². The first-order valence-electron chi connectivity index (χ1n) is 17.4. The minimum absolute atomic E-state index is 0.892. The van der Waals surface area contributed by atoms with Crippen molar-refractivity contribution in [2.45, 2.75) is 116 Å². The van der Waals surface area contributed by atoms with Gasteiger partial charge in [-0.05, 0) is 120 Å². The van der Waals surface area contributed by atoms with E-state index in [1.54, 1.807) is 0 Å². The largest absolute Gasteiger partial charge is 0.457 e. The van der Waals surface area contributed by atoms with Gasteiger partial charge in [0.1, 0.15) is 11.5 Å². The van der Waals surface area contributed by atoms with Crippen LogP contribution in [0, 0.1) is 0 Å². The molecule has 0 unspecified atom stereocenters. The molecule has 2 aliphatic carbocycles. The zero-order valence-corrected chi connectivity index (χ0v) is 26.2. The lowest BCUT2D eigenvalue weighted by molar-refractivity contribution is 0.483. The van der Waals surface area contributed by atoms with Crippen LogP contribution < -0.4 is 4.74 Å². The minimum atomic E-state index is 0.892. The van der Waals surface area contributed by atoms with E-state index in [9.17, 15) is 0 Å². The molecule has 0 spiro atoms. The molecular formula is C42H50O. The Hall–Kier alpha value is -3.32. The SMILES string of the molecule is c1cc(-c2ccc(Oc3ccc(-c4ccc5cc4CCCCCCCCC5)cc3)cc2)c2cc1CCCCCCCCC2. The lowest BCUT2D eigenvalue weighted by atomic mass is 9.91. The first-order valence-corrected chi connectivity index (χ1v) is 17.4. The summed E-state index contributed by atoms with van der Waals surface area (Å²) in [5.74, 6) is 1.78. The highest BCUT2D eigenvalue weighted by molar-refractivity contribution is 5.70. The van der Waals surface area contributed by atoms with Crippen LogP contribution in [0.5, 0.6) is 11.5 Å². The highest BCUT2D eigenvalue weighted by Gasteiger charge is 2.11. The molecule has 0 saturated heterocycles. The fourth-order valence-corrected chi connectivity index (χ4v) is 7.18. The summed E-state index contributed by atoms with van der Waals surface area (Å²) in [6.45, 7) is 0. The van der Waals surface area contributed by atoms with Gasteiger partial charge in [-0.1, -0.05) is 125 Å². The molecular weight excluding hydrogens is 520 g/mol. The fraction of sp³-hybridized carbons (Fsp3) is 0.429. The van der Waals surface area contributed by atoms with Crippen molar-refractivity contribution in [3.05, 3.63) is 107 Å².